The smallest absolute Gasteiger partial charge is 0.253 e. The quantitative estimate of drug-likeness (QED) is 0.808. The summed E-state index contributed by atoms with van der Waals surface area (Å²) in [7, 11) is 0. The molecule has 0 spiro atoms. The summed E-state index contributed by atoms with van der Waals surface area (Å²) < 4.78 is 5.25. The summed E-state index contributed by atoms with van der Waals surface area (Å²) in [6.07, 6.45) is 3.69. The van der Waals surface area contributed by atoms with Crippen LogP contribution in [0.3, 0.4) is 0 Å². The molecule has 0 fully saturated rings. The average molecular weight is 215 g/mol. The minimum absolute atomic E-state index is 0.0782. The van der Waals surface area contributed by atoms with Crippen LogP contribution in [0.15, 0.2) is 29.0 Å². The van der Waals surface area contributed by atoms with Gasteiger partial charge in [-0.3, -0.25) is 4.79 Å². The third kappa shape index (κ3) is 1.37. The molecule has 0 aliphatic carbocycles. The summed E-state index contributed by atoms with van der Waals surface area (Å²) in [5.74, 6) is 0.743. The topological polar surface area (TPSA) is 68.0 Å². The second kappa shape index (κ2) is 3.44. The average Bonchev–Trinajstić information content (AvgIpc) is 2.90. The molecule has 1 aliphatic heterocycles. The highest BCUT2D eigenvalue weighted by atomic mass is 16.3. The van der Waals surface area contributed by atoms with Crippen molar-refractivity contribution in [2.45, 2.75) is 13.0 Å². The second-order valence-corrected chi connectivity index (χ2v) is 3.62. The third-order valence-electron chi connectivity index (χ3n) is 2.63. The largest absolute Gasteiger partial charge is 0.469 e. The Balaban J connectivity index is 2.00. The number of fused-ring (bicyclic) bond motifs is 1. The minimum Gasteiger partial charge on any atom is -0.469 e. The van der Waals surface area contributed by atoms with Crippen molar-refractivity contribution >= 4 is 5.91 Å². The Hall–Kier alpha value is -2.17. The van der Waals surface area contributed by atoms with Crippen LogP contribution < -0.4 is 5.32 Å². The van der Waals surface area contributed by atoms with E-state index in [1.807, 2.05) is 12.1 Å². The Labute approximate surface area is 91.5 Å². The minimum atomic E-state index is -0.0782. The fourth-order valence-corrected chi connectivity index (χ4v) is 1.83. The van der Waals surface area contributed by atoms with Crippen molar-refractivity contribution in [2.75, 3.05) is 0 Å². The molecule has 16 heavy (non-hydrogen) atoms. The molecule has 2 aromatic heterocycles. The lowest BCUT2D eigenvalue weighted by molar-refractivity contribution is 0.0965. The highest BCUT2D eigenvalue weighted by molar-refractivity contribution is 5.98. The fourth-order valence-electron chi connectivity index (χ4n) is 1.83. The lowest BCUT2D eigenvalue weighted by atomic mass is 10.1. The number of hydrogen-bond acceptors (Lipinski definition) is 4. The maximum absolute atomic E-state index is 11.4. The van der Waals surface area contributed by atoms with E-state index in [0.717, 1.165) is 17.0 Å². The predicted molar refractivity (Wildman–Crippen MR) is 54.7 cm³/mol. The molecule has 1 amide bonds. The summed E-state index contributed by atoms with van der Waals surface area (Å²) in [5, 5.41) is 10.6. The number of nitrogens with one attached hydrogen (secondary N) is 1. The highest BCUT2D eigenvalue weighted by Gasteiger charge is 2.23. The van der Waals surface area contributed by atoms with E-state index < -0.39 is 0 Å². The fraction of sp³-hybridized carbons (Fsp3) is 0.182. The van der Waals surface area contributed by atoms with Gasteiger partial charge in [-0.1, -0.05) is 0 Å². The van der Waals surface area contributed by atoms with E-state index in [9.17, 15) is 4.79 Å². The first-order chi connectivity index (χ1) is 7.84. The van der Waals surface area contributed by atoms with E-state index >= 15 is 0 Å². The lowest BCUT2D eigenvalue weighted by Crippen LogP contribution is -2.12. The van der Waals surface area contributed by atoms with Crippen LogP contribution in [0.4, 0.5) is 0 Å². The zero-order valence-corrected chi connectivity index (χ0v) is 8.43. The monoisotopic (exact) mass is 215 g/mol. The molecule has 80 valence electrons. The van der Waals surface area contributed by atoms with Gasteiger partial charge in [0.15, 0.2) is 0 Å². The standard InChI is InChI=1S/C11H9N3O2/c15-11-9-6-13-14-10(8(9)5-12-11)4-7-2-1-3-16-7/h1-3,6H,4-5H2,(H,12,15). The molecular weight excluding hydrogens is 206 g/mol. The van der Waals surface area contributed by atoms with E-state index in [1.165, 1.54) is 6.20 Å². The first-order valence-corrected chi connectivity index (χ1v) is 4.98. The van der Waals surface area contributed by atoms with Gasteiger partial charge in [0.05, 0.1) is 30.1 Å². The number of furan rings is 1. The SMILES string of the molecule is O=C1NCc2c1cnnc2Cc1ccco1. The molecule has 5 heteroatoms. The number of nitrogens with zero attached hydrogens (tertiary/aromatic N) is 2. The molecule has 3 heterocycles. The second-order valence-electron chi connectivity index (χ2n) is 3.62. The maximum atomic E-state index is 11.4. The summed E-state index contributed by atoms with van der Waals surface area (Å²) >= 11 is 0. The van der Waals surface area contributed by atoms with Gasteiger partial charge in [0.25, 0.3) is 5.91 Å². The first kappa shape index (κ1) is 9.08. The van der Waals surface area contributed by atoms with Crippen LogP contribution in [0.25, 0.3) is 0 Å². The summed E-state index contributed by atoms with van der Waals surface area (Å²) in [6.45, 7) is 0.528. The Bertz CT molecular complexity index is 534. The van der Waals surface area contributed by atoms with Crippen molar-refractivity contribution in [2.24, 2.45) is 0 Å². The molecule has 3 rings (SSSR count). The van der Waals surface area contributed by atoms with Crippen molar-refractivity contribution in [1.82, 2.24) is 15.5 Å². The number of rotatable bonds is 2. The molecule has 0 saturated carbocycles. The molecular formula is C11H9N3O2. The normalized spacial score (nSPS) is 13.6. The molecule has 5 nitrogen and oxygen atoms in total. The molecule has 1 N–H and O–H groups in total. The van der Waals surface area contributed by atoms with Crippen molar-refractivity contribution in [3.63, 3.8) is 0 Å². The number of carbonyl (C=O) groups is 1. The van der Waals surface area contributed by atoms with Crippen molar-refractivity contribution < 1.29 is 9.21 Å². The number of carbonyl (C=O) groups excluding carboxylic acids is 1. The van der Waals surface area contributed by atoms with Crippen LogP contribution in [-0.2, 0) is 13.0 Å². The van der Waals surface area contributed by atoms with Gasteiger partial charge in [0, 0.05) is 12.1 Å². The van der Waals surface area contributed by atoms with Crippen LogP contribution in [-0.4, -0.2) is 16.1 Å². The van der Waals surface area contributed by atoms with Gasteiger partial charge < -0.3 is 9.73 Å². The van der Waals surface area contributed by atoms with Crippen LogP contribution >= 0.6 is 0 Å². The molecule has 0 radical (unpaired) electrons. The van der Waals surface area contributed by atoms with Gasteiger partial charge in [0.1, 0.15) is 5.76 Å². The molecule has 0 saturated heterocycles. The van der Waals surface area contributed by atoms with Crippen LogP contribution in [0.5, 0.6) is 0 Å². The molecule has 2 aromatic rings. The summed E-state index contributed by atoms with van der Waals surface area (Å²) in [5.41, 5.74) is 2.35. The zero-order chi connectivity index (χ0) is 11.0. The van der Waals surface area contributed by atoms with Gasteiger partial charge >= 0.3 is 0 Å². The van der Waals surface area contributed by atoms with Crippen LogP contribution in [0.1, 0.15) is 27.4 Å². The number of amides is 1. The van der Waals surface area contributed by atoms with E-state index in [0.29, 0.717) is 18.5 Å². The molecule has 0 aromatic carbocycles. The van der Waals surface area contributed by atoms with Crippen molar-refractivity contribution in [3.8, 4) is 0 Å². The summed E-state index contributed by atoms with van der Waals surface area (Å²) in [6, 6.07) is 3.71. The van der Waals surface area contributed by atoms with Gasteiger partial charge in [0.2, 0.25) is 0 Å². The van der Waals surface area contributed by atoms with E-state index in [4.69, 9.17) is 4.42 Å². The third-order valence-corrected chi connectivity index (χ3v) is 2.63. The zero-order valence-electron chi connectivity index (χ0n) is 8.43. The Morgan fingerprint density at radius 1 is 1.50 bits per heavy atom. The van der Waals surface area contributed by atoms with Crippen LogP contribution in [0.2, 0.25) is 0 Å². The molecule has 0 bridgehead atoms. The lowest BCUT2D eigenvalue weighted by Gasteiger charge is -2.01. The number of aromatic nitrogens is 2. The first-order valence-electron chi connectivity index (χ1n) is 4.98. The molecule has 1 aliphatic rings. The highest BCUT2D eigenvalue weighted by Crippen LogP contribution is 2.19. The van der Waals surface area contributed by atoms with Crippen molar-refractivity contribution in [3.05, 3.63) is 47.2 Å². The van der Waals surface area contributed by atoms with Gasteiger partial charge in [-0.05, 0) is 12.1 Å². The maximum Gasteiger partial charge on any atom is 0.253 e. The van der Waals surface area contributed by atoms with E-state index in [-0.39, 0.29) is 5.91 Å². The Kier molecular flexibility index (Phi) is 1.96. The van der Waals surface area contributed by atoms with Crippen LogP contribution in [0, 0.1) is 0 Å². The molecule has 0 unspecified atom stereocenters. The van der Waals surface area contributed by atoms with Gasteiger partial charge in [-0.15, -0.1) is 0 Å². The molecule has 0 atom stereocenters. The Morgan fingerprint density at radius 2 is 2.44 bits per heavy atom. The van der Waals surface area contributed by atoms with Gasteiger partial charge in [-0.25, -0.2) is 0 Å². The Morgan fingerprint density at radius 3 is 3.25 bits per heavy atom. The van der Waals surface area contributed by atoms with Gasteiger partial charge in [-0.2, -0.15) is 10.2 Å². The number of hydrogen-bond donors (Lipinski definition) is 1. The summed E-state index contributed by atoms with van der Waals surface area (Å²) in [4.78, 5) is 11.4. The van der Waals surface area contributed by atoms with E-state index in [1.54, 1.807) is 6.26 Å². The predicted octanol–water partition coefficient (Wildman–Crippen LogP) is 0.904. The van der Waals surface area contributed by atoms with E-state index in [2.05, 4.69) is 15.5 Å². The van der Waals surface area contributed by atoms with Crippen molar-refractivity contribution in [1.29, 1.82) is 0 Å².